The highest BCUT2D eigenvalue weighted by Crippen LogP contribution is 2.38. The van der Waals surface area contributed by atoms with Gasteiger partial charge in [0.2, 0.25) is 0 Å². The van der Waals surface area contributed by atoms with Crippen molar-refractivity contribution in [1.29, 1.82) is 0 Å². The van der Waals surface area contributed by atoms with Gasteiger partial charge in [-0.3, -0.25) is 14.4 Å². The topological polar surface area (TPSA) is 107 Å². The Balaban J connectivity index is 1.23. The maximum Gasteiger partial charge on any atom is 0.416 e. The summed E-state index contributed by atoms with van der Waals surface area (Å²) >= 11 is 6.02. The highest BCUT2D eigenvalue weighted by atomic mass is 35.5. The normalized spacial score (nSPS) is 12.6. The lowest BCUT2D eigenvalue weighted by Gasteiger charge is -2.17. The number of rotatable bonds is 7. The first-order valence-electron chi connectivity index (χ1n) is 12.8. The van der Waals surface area contributed by atoms with Gasteiger partial charge in [-0.15, -0.1) is 0 Å². The third kappa shape index (κ3) is 6.09. The minimum Gasteiger partial charge on any atom is -0.454 e. The van der Waals surface area contributed by atoms with Crippen molar-refractivity contribution >= 4 is 46.8 Å². The van der Waals surface area contributed by atoms with E-state index in [2.05, 4.69) is 0 Å². The van der Waals surface area contributed by atoms with Gasteiger partial charge in [0.1, 0.15) is 5.75 Å². The highest BCUT2D eigenvalue weighted by molar-refractivity contribution is 6.40. The Morgan fingerprint density at radius 3 is 2.02 bits per heavy atom. The number of nitrogens with zero attached hydrogens (tertiary/aromatic N) is 1. The molecule has 0 unspecified atom stereocenters. The van der Waals surface area contributed by atoms with E-state index >= 15 is 0 Å². The molecular formula is C32H19ClF3NO7. The van der Waals surface area contributed by atoms with Crippen molar-refractivity contribution in [2.24, 2.45) is 0 Å². The molecule has 0 fully saturated rings. The molecule has 0 saturated heterocycles. The van der Waals surface area contributed by atoms with Crippen LogP contribution in [0, 0.1) is 6.92 Å². The Kier molecular flexibility index (Phi) is 8.07. The van der Waals surface area contributed by atoms with E-state index in [0.717, 1.165) is 29.8 Å². The van der Waals surface area contributed by atoms with Gasteiger partial charge in [-0.1, -0.05) is 29.3 Å². The fraction of sp³-hybridized carbons (Fsp3) is 0.0938. The summed E-state index contributed by atoms with van der Waals surface area (Å²) in [4.78, 5) is 64.0. The van der Waals surface area contributed by atoms with Crippen LogP contribution in [0.25, 0.3) is 0 Å². The quantitative estimate of drug-likeness (QED) is 0.0975. The van der Waals surface area contributed by atoms with E-state index in [1.807, 2.05) is 6.92 Å². The summed E-state index contributed by atoms with van der Waals surface area (Å²) in [5, 5.41) is -0.261. The number of halogens is 4. The molecule has 12 heteroatoms. The molecule has 0 aromatic heterocycles. The fourth-order valence-electron chi connectivity index (χ4n) is 4.31. The summed E-state index contributed by atoms with van der Waals surface area (Å²) in [5.74, 6) is -3.85. The van der Waals surface area contributed by atoms with E-state index in [4.69, 9.17) is 21.1 Å². The Labute approximate surface area is 252 Å². The minimum absolute atomic E-state index is 0.153. The number of hydrogen-bond acceptors (Lipinski definition) is 7. The lowest BCUT2D eigenvalue weighted by molar-refractivity contribution is -0.137. The Hall–Kier alpha value is -5.29. The van der Waals surface area contributed by atoms with Crippen LogP contribution in [0.5, 0.6) is 5.75 Å². The molecule has 1 aliphatic heterocycles. The zero-order valence-electron chi connectivity index (χ0n) is 22.6. The van der Waals surface area contributed by atoms with Crippen LogP contribution in [-0.2, 0) is 10.9 Å². The third-order valence-electron chi connectivity index (χ3n) is 6.65. The molecule has 0 saturated carbocycles. The number of carbonyl (C=O) groups is 5. The first-order chi connectivity index (χ1) is 20.8. The number of anilines is 1. The number of imide groups is 1. The molecular weight excluding hydrogens is 603 g/mol. The molecule has 4 aromatic rings. The maximum atomic E-state index is 13.2. The maximum absolute atomic E-state index is 13.2. The van der Waals surface area contributed by atoms with E-state index in [9.17, 15) is 37.1 Å². The SMILES string of the molecule is Cc1ccc(C(=O)Oc2ccc(C(=O)COC(=O)c3ccc4c(c3)C(=O)N(c3cc(C(F)(F)F)ccc3Cl)C4=O)cc2)cc1. The van der Waals surface area contributed by atoms with Crippen molar-refractivity contribution in [3.8, 4) is 5.75 Å². The molecule has 1 heterocycles. The zero-order valence-corrected chi connectivity index (χ0v) is 23.4. The van der Waals surface area contributed by atoms with E-state index in [0.29, 0.717) is 16.5 Å². The van der Waals surface area contributed by atoms with Crippen molar-refractivity contribution in [3.05, 3.63) is 129 Å². The highest BCUT2D eigenvalue weighted by Gasteiger charge is 2.40. The number of fused-ring (bicyclic) bond motifs is 1. The van der Waals surface area contributed by atoms with Crippen LogP contribution in [0.4, 0.5) is 18.9 Å². The van der Waals surface area contributed by atoms with Gasteiger partial charge < -0.3 is 9.47 Å². The minimum atomic E-state index is -4.75. The molecule has 0 bridgehead atoms. The summed E-state index contributed by atoms with van der Waals surface area (Å²) in [5.41, 5.74) is -0.648. The Morgan fingerprint density at radius 1 is 0.750 bits per heavy atom. The molecule has 0 spiro atoms. The lowest BCUT2D eigenvalue weighted by Crippen LogP contribution is -2.30. The zero-order chi connectivity index (χ0) is 31.8. The lowest BCUT2D eigenvalue weighted by atomic mass is 10.1. The summed E-state index contributed by atoms with van der Waals surface area (Å²) in [6.45, 7) is 1.21. The van der Waals surface area contributed by atoms with Gasteiger partial charge in [0.15, 0.2) is 12.4 Å². The number of aryl methyl sites for hydroxylation is 1. The summed E-state index contributed by atoms with van der Waals surface area (Å²) in [7, 11) is 0. The standard InChI is InChI=1S/C32H19ClF3NO7/c1-17-2-4-19(5-3-17)31(42)44-22-10-6-18(7-11-22)27(38)16-43-30(41)20-8-12-23-24(14-20)29(40)37(28(23)39)26-15-21(32(34,35)36)9-13-25(26)33/h2-15H,16H2,1H3. The summed E-state index contributed by atoms with van der Waals surface area (Å²) in [6.07, 6.45) is -4.75. The number of carbonyl (C=O) groups excluding carboxylic acids is 5. The third-order valence-corrected chi connectivity index (χ3v) is 6.96. The number of benzene rings is 4. The second-order valence-electron chi connectivity index (χ2n) is 9.65. The van der Waals surface area contributed by atoms with Crippen LogP contribution in [0.15, 0.2) is 84.9 Å². The number of Topliss-reactive ketones (excluding diaryl/α,β-unsaturated/α-hetero) is 1. The molecule has 8 nitrogen and oxygen atoms in total. The number of ketones is 1. The first-order valence-corrected chi connectivity index (χ1v) is 13.2. The smallest absolute Gasteiger partial charge is 0.416 e. The van der Waals surface area contributed by atoms with Crippen LogP contribution in [0.3, 0.4) is 0 Å². The van der Waals surface area contributed by atoms with E-state index in [1.165, 1.54) is 30.3 Å². The van der Waals surface area contributed by atoms with E-state index in [-0.39, 0.29) is 33.0 Å². The molecule has 0 radical (unpaired) electrons. The number of amides is 2. The van der Waals surface area contributed by atoms with Gasteiger partial charge in [-0.2, -0.15) is 13.2 Å². The largest absolute Gasteiger partial charge is 0.454 e. The molecule has 0 aliphatic carbocycles. The average Bonchev–Trinajstić information content (AvgIpc) is 3.24. The molecule has 5 rings (SSSR count). The van der Waals surface area contributed by atoms with Crippen LogP contribution >= 0.6 is 11.6 Å². The summed E-state index contributed by atoms with van der Waals surface area (Å²) < 4.78 is 50.1. The summed E-state index contributed by atoms with van der Waals surface area (Å²) in [6, 6.07) is 18.0. The Bertz CT molecular complexity index is 1830. The van der Waals surface area contributed by atoms with Gasteiger partial charge >= 0.3 is 18.1 Å². The van der Waals surface area contributed by atoms with Crippen LogP contribution in [-0.4, -0.2) is 36.1 Å². The molecule has 2 amide bonds. The number of alkyl halides is 3. The predicted octanol–water partition coefficient (Wildman–Crippen LogP) is 6.73. The van der Waals surface area contributed by atoms with Crippen LogP contribution in [0.2, 0.25) is 5.02 Å². The second-order valence-corrected chi connectivity index (χ2v) is 10.1. The van der Waals surface area contributed by atoms with Gasteiger partial charge in [0.05, 0.1) is 38.5 Å². The predicted molar refractivity (Wildman–Crippen MR) is 151 cm³/mol. The number of esters is 2. The van der Waals surface area contributed by atoms with Crippen molar-refractivity contribution in [1.82, 2.24) is 0 Å². The van der Waals surface area contributed by atoms with Crippen LogP contribution < -0.4 is 9.64 Å². The first kappa shape index (κ1) is 30.2. The van der Waals surface area contributed by atoms with Crippen molar-refractivity contribution in [3.63, 3.8) is 0 Å². The van der Waals surface area contributed by atoms with Gasteiger partial charge in [0, 0.05) is 5.56 Å². The Morgan fingerprint density at radius 2 is 1.36 bits per heavy atom. The second kappa shape index (κ2) is 11.8. The van der Waals surface area contributed by atoms with Gasteiger partial charge in [-0.05, 0) is 79.7 Å². The van der Waals surface area contributed by atoms with E-state index < -0.39 is 53.6 Å². The molecule has 0 atom stereocenters. The van der Waals surface area contributed by atoms with Crippen LogP contribution in [0.1, 0.15) is 62.9 Å². The number of hydrogen-bond donors (Lipinski definition) is 0. The molecule has 1 aliphatic rings. The molecule has 0 N–H and O–H groups in total. The molecule has 222 valence electrons. The van der Waals surface area contributed by atoms with Crippen molar-refractivity contribution in [2.75, 3.05) is 11.5 Å². The van der Waals surface area contributed by atoms with E-state index in [1.54, 1.807) is 24.3 Å². The fourth-order valence-corrected chi connectivity index (χ4v) is 4.51. The van der Waals surface area contributed by atoms with Crippen molar-refractivity contribution < 1.29 is 46.6 Å². The van der Waals surface area contributed by atoms with Gasteiger partial charge in [-0.25, -0.2) is 14.5 Å². The monoisotopic (exact) mass is 621 g/mol. The van der Waals surface area contributed by atoms with Gasteiger partial charge in [0.25, 0.3) is 11.8 Å². The molecule has 4 aromatic carbocycles. The average molecular weight is 622 g/mol. The number of ether oxygens (including phenoxy) is 2. The molecule has 44 heavy (non-hydrogen) atoms. The van der Waals surface area contributed by atoms with Crippen molar-refractivity contribution in [2.45, 2.75) is 13.1 Å².